The van der Waals surface area contributed by atoms with E-state index in [0.717, 1.165) is 16.2 Å². The van der Waals surface area contributed by atoms with E-state index >= 15 is 0 Å². The molecule has 0 saturated carbocycles. The highest BCUT2D eigenvalue weighted by Gasteiger charge is 2.37. The summed E-state index contributed by atoms with van der Waals surface area (Å²) in [6.45, 7) is 0.250. The fourth-order valence-corrected chi connectivity index (χ4v) is 5.17. The van der Waals surface area contributed by atoms with E-state index < -0.39 is 21.9 Å². The summed E-state index contributed by atoms with van der Waals surface area (Å²) in [7, 11) is -1.49. The monoisotopic (exact) mass is 423 g/mol. The minimum atomic E-state index is -3.07. The first-order valence-electron chi connectivity index (χ1n) is 9.52. The molecule has 2 fully saturated rings. The highest BCUT2D eigenvalue weighted by atomic mass is 32.2. The molecule has 2 aliphatic heterocycles. The van der Waals surface area contributed by atoms with E-state index in [1.807, 2.05) is 24.3 Å². The van der Waals surface area contributed by atoms with Crippen LogP contribution in [0.15, 0.2) is 24.3 Å². The van der Waals surface area contributed by atoms with Gasteiger partial charge in [-0.15, -0.1) is 0 Å². The van der Waals surface area contributed by atoms with Crippen LogP contribution in [0, 0.1) is 0 Å². The zero-order chi connectivity index (χ0) is 21.0. The van der Waals surface area contributed by atoms with E-state index in [4.69, 9.17) is 4.74 Å². The second-order valence-corrected chi connectivity index (χ2v) is 9.52. The number of nitrogens with zero attached hydrogens (tertiary/aromatic N) is 1. The molecule has 0 unspecified atom stereocenters. The standard InChI is InChI=1S/C19H25N3O6S/c1-28-15-4-2-13(3-5-15)8-10-22-18(24)16(21-19(22)25)6-7-17(23)20-14-9-11-29(26,27)12-14/h2-5,14,16H,6-12H2,1H3,(H,20,23)(H,21,25)/t14-,16-/m1/s1. The van der Waals surface area contributed by atoms with Gasteiger partial charge in [0.2, 0.25) is 5.91 Å². The molecular weight excluding hydrogens is 398 g/mol. The fraction of sp³-hybridized carbons (Fsp3) is 0.526. The number of sulfone groups is 1. The van der Waals surface area contributed by atoms with Crippen molar-refractivity contribution in [1.82, 2.24) is 15.5 Å². The molecular formula is C19H25N3O6S. The van der Waals surface area contributed by atoms with Crippen LogP contribution in [0.1, 0.15) is 24.8 Å². The Kier molecular flexibility index (Phi) is 6.41. The van der Waals surface area contributed by atoms with Gasteiger partial charge in [0.05, 0.1) is 18.6 Å². The molecule has 9 nitrogen and oxygen atoms in total. The second-order valence-electron chi connectivity index (χ2n) is 7.30. The Bertz CT molecular complexity index is 884. The first-order chi connectivity index (χ1) is 13.8. The van der Waals surface area contributed by atoms with E-state index in [2.05, 4.69) is 10.6 Å². The van der Waals surface area contributed by atoms with Crippen LogP contribution in [-0.4, -0.2) is 68.4 Å². The molecule has 1 aromatic carbocycles. The number of rotatable bonds is 8. The molecule has 29 heavy (non-hydrogen) atoms. The summed E-state index contributed by atoms with van der Waals surface area (Å²) in [4.78, 5) is 37.8. The largest absolute Gasteiger partial charge is 0.497 e. The highest BCUT2D eigenvalue weighted by molar-refractivity contribution is 7.91. The van der Waals surface area contributed by atoms with E-state index in [9.17, 15) is 22.8 Å². The Hall–Kier alpha value is -2.62. The lowest BCUT2D eigenvalue weighted by Crippen LogP contribution is -2.37. The molecule has 158 valence electrons. The number of carbonyl (C=O) groups is 3. The molecule has 2 heterocycles. The van der Waals surface area contributed by atoms with Crippen LogP contribution in [0.3, 0.4) is 0 Å². The lowest BCUT2D eigenvalue weighted by Gasteiger charge is -2.14. The average molecular weight is 423 g/mol. The van der Waals surface area contributed by atoms with Crippen LogP contribution in [0.4, 0.5) is 4.79 Å². The Morgan fingerprint density at radius 2 is 2.00 bits per heavy atom. The van der Waals surface area contributed by atoms with Gasteiger partial charge < -0.3 is 15.4 Å². The number of ether oxygens (including phenoxy) is 1. The van der Waals surface area contributed by atoms with Crippen molar-refractivity contribution in [2.45, 2.75) is 37.8 Å². The molecule has 4 amide bonds. The zero-order valence-electron chi connectivity index (χ0n) is 16.2. The van der Waals surface area contributed by atoms with Crippen LogP contribution >= 0.6 is 0 Å². The number of hydrogen-bond acceptors (Lipinski definition) is 6. The summed E-state index contributed by atoms with van der Waals surface area (Å²) < 4.78 is 28.0. The SMILES string of the molecule is COc1ccc(CCN2C(=O)N[C@H](CCC(=O)N[C@@H]3CCS(=O)(=O)C3)C2=O)cc1. The van der Waals surface area contributed by atoms with Crippen molar-refractivity contribution in [2.75, 3.05) is 25.2 Å². The van der Waals surface area contributed by atoms with Gasteiger partial charge in [-0.2, -0.15) is 0 Å². The molecule has 0 aromatic heterocycles. The first kappa shape index (κ1) is 21.1. The molecule has 0 bridgehead atoms. The molecule has 0 aliphatic carbocycles. The maximum Gasteiger partial charge on any atom is 0.324 e. The molecule has 0 radical (unpaired) electrons. The van der Waals surface area contributed by atoms with Crippen molar-refractivity contribution >= 4 is 27.7 Å². The normalized spacial score (nSPS) is 23.1. The van der Waals surface area contributed by atoms with Crippen molar-refractivity contribution in [3.63, 3.8) is 0 Å². The van der Waals surface area contributed by atoms with Crippen LogP contribution in [0.25, 0.3) is 0 Å². The van der Waals surface area contributed by atoms with Crippen molar-refractivity contribution in [3.8, 4) is 5.75 Å². The lowest BCUT2D eigenvalue weighted by atomic mass is 10.1. The van der Waals surface area contributed by atoms with Crippen molar-refractivity contribution in [1.29, 1.82) is 0 Å². The third kappa shape index (κ3) is 5.47. The van der Waals surface area contributed by atoms with Gasteiger partial charge in [0.1, 0.15) is 11.8 Å². The Labute approximate surface area is 169 Å². The van der Waals surface area contributed by atoms with Crippen molar-refractivity contribution < 1.29 is 27.5 Å². The molecule has 2 saturated heterocycles. The Morgan fingerprint density at radius 1 is 1.28 bits per heavy atom. The Morgan fingerprint density at radius 3 is 2.62 bits per heavy atom. The first-order valence-corrected chi connectivity index (χ1v) is 11.3. The summed E-state index contributed by atoms with van der Waals surface area (Å²) in [6, 6.07) is 5.82. The summed E-state index contributed by atoms with van der Waals surface area (Å²) in [5.41, 5.74) is 0.973. The van der Waals surface area contributed by atoms with Gasteiger partial charge in [-0.25, -0.2) is 13.2 Å². The van der Waals surface area contributed by atoms with Crippen LogP contribution in [0.5, 0.6) is 5.75 Å². The van der Waals surface area contributed by atoms with Gasteiger partial charge in [0.25, 0.3) is 5.91 Å². The van der Waals surface area contributed by atoms with E-state index in [1.54, 1.807) is 7.11 Å². The van der Waals surface area contributed by atoms with E-state index in [1.165, 1.54) is 0 Å². The molecule has 3 rings (SSSR count). The zero-order valence-corrected chi connectivity index (χ0v) is 17.0. The molecule has 10 heteroatoms. The minimum absolute atomic E-state index is 0.0412. The predicted octanol–water partition coefficient (Wildman–Crippen LogP) is 0.242. The van der Waals surface area contributed by atoms with Gasteiger partial charge in [-0.1, -0.05) is 12.1 Å². The molecule has 2 aliphatic rings. The smallest absolute Gasteiger partial charge is 0.324 e. The maximum atomic E-state index is 12.5. The van der Waals surface area contributed by atoms with Crippen molar-refractivity contribution in [2.24, 2.45) is 0 Å². The van der Waals surface area contributed by atoms with Crippen LogP contribution in [-0.2, 0) is 25.8 Å². The highest BCUT2D eigenvalue weighted by Crippen LogP contribution is 2.16. The van der Waals surface area contributed by atoms with E-state index in [-0.39, 0.29) is 48.7 Å². The van der Waals surface area contributed by atoms with E-state index in [0.29, 0.717) is 12.8 Å². The fourth-order valence-electron chi connectivity index (χ4n) is 3.50. The molecule has 2 N–H and O–H groups in total. The summed E-state index contributed by atoms with van der Waals surface area (Å²) >= 11 is 0. The third-order valence-electron chi connectivity index (χ3n) is 5.15. The summed E-state index contributed by atoms with van der Waals surface area (Å²) in [5.74, 6) is 0.109. The van der Waals surface area contributed by atoms with Crippen LogP contribution in [0.2, 0.25) is 0 Å². The number of hydrogen-bond donors (Lipinski definition) is 2. The topological polar surface area (TPSA) is 122 Å². The van der Waals surface area contributed by atoms with Gasteiger partial charge in [-0.3, -0.25) is 14.5 Å². The van der Waals surface area contributed by atoms with Crippen molar-refractivity contribution in [3.05, 3.63) is 29.8 Å². The van der Waals surface area contributed by atoms with Gasteiger partial charge >= 0.3 is 6.03 Å². The number of benzene rings is 1. The number of methoxy groups -OCH3 is 1. The molecule has 1 aromatic rings. The summed E-state index contributed by atoms with van der Waals surface area (Å²) in [5, 5.41) is 5.30. The number of nitrogens with one attached hydrogen (secondary N) is 2. The Balaban J connectivity index is 1.45. The number of urea groups is 1. The average Bonchev–Trinajstić information content (AvgIpc) is 3.16. The summed E-state index contributed by atoms with van der Waals surface area (Å²) in [6.07, 6.45) is 1.15. The number of carbonyl (C=O) groups excluding carboxylic acids is 3. The van der Waals surface area contributed by atoms with Crippen LogP contribution < -0.4 is 15.4 Å². The third-order valence-corrected chi connectivity index (χ3v) is 6.92. The molecule has 0 spiro atoms. The minimum Gasteiger partial charge on any atom is -0.497 e. The second kappa shape index (κ2) is 8.81. The number of amides is 4. The lowest BCUT2D eigenvalue weighted by molar-refractivity contribution is -0.127. The van der Waals surface area contributed by atoms with Gasteiger partial charge in [0, 0.05) is 19.0 Å². The predicted molar refractivity (Wildman–Crippen MR) is 105 cm³/mol. The maximum absolute atomic E-state index is 12.5. The molecule has 2 atom stereocenters. The van der Waals surface area contributed by atoms with Gasteiger partial charge in [-0.05, 0) is 37.0 Å². The quantitative estimate of drug-likeness (QED) is 0.578. The number of imide groups is 1. The van der Waals surface area contributed by atoms with Gasteiger partial charge in [0.15, 0.2) is 9.84 Å².